The minimum Gasteiger partial charge on any atom is -0.381 e. The van der Waals surface area contributed by atoms with Gasteiger partial charge in [0.1, 0.15) is 0 Å². The molecule has 1 aromatic carbocycles. The summed E-state index contributed by atoms with van der Waals surface area (Å²) in [6.45, 7) is 7.49. The van der Waals surface area contributed by atoms with Crippen molar-refractivity contribution in [3.63, 3.8) is 0 Å². The summed E-state index contributed by atoms with van der Waals surface area (Å²) in [5, 5.41) is 6.93. The first-order valence-corrected chi connectivity index (χ1v) is 4.70. The zero-order valence-electron chi connectivity index (χ0n) is 8.44. The highest BCUT2D eigenvalue weighted by atomic mass is 15.1. The molecule has 1 aliphatic heterocycles. The van der Waals surface area contributed by atoms with E-state index < -0.39 is 0 Å². The van der Waals surface area contributed by atoms with E-state index in [9.17, 15) is 0 Å². The van der Waals surface area contributed by atoms with E-state index in [2.05, 4.69) is 49.6 Å². The van der Waals surface area contributed by atoms with Gasteiger partial charge in [0, 0.05) is 12.1 Å². The van der Waals surface area contributed by atoms with Crippen molar-refractivity contribution in [3.8, 4) is 0 Å². The van der Waals surface area contributed by atoms with E-state index in [1.807, 2.05) is 0 Å². The number of aryl methyl sites for hydroxylation is 1. The molecule has 0 bridgehead atoms. The molecule has 1 aromatic rings. The van der Waals surface area contributed by atoms with Gasteiger partial charge in [0.2, 0.25) is 0 Å². The molecule has 2 nitrogen and oxygen atoms in total. The molecule has 70 valence electrons. The molecule has 0 atom stereocenters. The van der Waals surface area contributed by atoms with Gasteiger partial charge in [-0.2, -0.15) is 0 Å². The fourth-order valence-electron chi connectivity index (χ4n) is 1.64. The van der Waals surface area contributed by atoms with Crippen LogP contribution < -0.4 is 10.6 Å². The molecular formula is C11H16N2. The number of rotatable bonds is 0. The first kappa shape index (κ1) is 8.42. The van der Waals surface area contributed by atoms with Gasteiger partial charge in [0.05, 0.1) is 11.4 Å². The van der Waals surface area contributed by atoms with Gasteiger partial charge in [-0.15, -0.1) is 0 Å². The lowest BCUT2D eigenvalue weighted by molar-refractivity contribution is 0.589. The molecule has 0 aromatic heterocycles. The molecule has 0 saturated carbocycles. The second-order valence-electron chi connectivity index (χ2n) is 4.41. The molecule has 1 aliphatic rings. The van der Waals surface area contributed by atoms with Gasteiger partial charge < -0.3 is 10.6 Å². The third-order valence-electron chi connectivity index (χ3n) is 2.37. The van der Waals surface area contributed by atoms with Gasteiger partial charge in [0.15, 0.2) is 0 Å². The zero-order valence-corrected chi connectivity index (χ0v) is 8.44. The molecule has 2 heteroatoms. The molecule has 13 heavy (non-hydrogen) atoms. The fourth-order valence-corrected chi connectivity index (χ4v) is 1.64. The summed E-state index contributed by atoms with van der Waals surface area (Å²) in [7, 11) is 0. The monoisotopic (exact) mass is 176 g/mol. The lowest BCUT2D eigenvalue weighted by atomic mass is 10.0. The lowest BCUT2D eigenvalue weighted by Gasteiger charge is -2.34. The summed E-state index contributed by atoms with van der Waals surface area (Å²) >= 11 is 0. The summed E-state index contributed by atoms with van der Waals surface area (Å²) in [5.74, 6) is 0. The Bertz CT molecular complexity index is 329. The molecule has 0 saturated heterocycles. The molecule has 0 amide bonds. The van der Waals surface area contributed by atoms with Crippen LogP contribution in [0.5, 0.6) is 0 Å². The summed E-state index contributed by atoms with van der Waals surface area (Å²) < 4.78 is 0. The van der Waals surface area contributed by atoms with Crippen LogP contribution in [0.15, 0.2) is 18.2 Å². The van der Waals surface area contributed by atoms with Gasteiger partial charge in [-0.05, 0) is 38.5 Å². The quantitative estimate of drug-likeness (QED) is 0.635. The summed E-state index contributed by atoms with van der Waals surface area (Å²) in [4.78, 5) is 0. The van der Waals surface area contributed by atoms with Crippen molar-refractivity contribution in [2.75, 3.05) is 17.2 Å². The second kappa shape index (κ2) is 2.66. The predicted octanol–water partition coefficient (Wildman–Crippen LogP) is 2.61. The van der Waals surface area contributed by atoms with Crippen molar-refractivity contribution in [2.24, 2.45) is 0 Å². The lowest BCUT2D eigenvalue weighted by Crippen LogP contribution is -2.42. The maximum absolute atomic E-state index is 3.51. The number of benzene rings is 1. The Balaban J connectivity index is 2.38. The second-order valence-corrected chi connectivity index (χ2v) is 4.41. The highest BCUT2D eigenvalue weighted by Crippen LogP contribution is 2.30. The Morgan fingerprint density at radius 3 is 2.77 bits per heavy atom. The molecule has 0 unspecified atom stereocenters. The van der Waals surface area contributed by atoms with E-state index in [1.165, 1.54) is 16.9 Å². The van der Waals surface area contributed by atoms with Crippen molar-refractivity contribution < 1.29 is 0 Å². The number of nitrogens with one attached hydrogen (secondary N) is 2. The number of anilines is 2. The SMILES string of the molecule is Cc1ccc2c(c1)NC(C)(C)CN2. The molecular weight excluding hydrogens is 160 g/mol. The maximum atomic E-state index is 3.51. The molecule has 0 spiro atoms. The Labute approximate surface area is 79.4 Å². The van der Waals surface area contributed by atoms with Crippen LogP contribution in [0.3, 0.4) is 0 Å². The topological polar surface area (TPSA) is 24.1 Å². The molecule has 0 aliphatic carbocycles. The molecule has 1 heterocycles. The average molecular weight is 176 g/mol. The van der Waals surface area contributed by atoms with Crippen LogP contribution in [0, 0.1) is 6.92 Å². The van der Waals surface area contributed by atoms with Crippen LogP contribution in [-0.2, 0) is 0 Å². The third kappa shape index (κ3) is 1.62. The normalized spacial score (nSPS) is 18.4. The molecule has 0 radical (unpaired) electrons. The van der Waals surface area contributed by atoms with Crippen LogP contribution >= 0.6 is 0 Å². The van der Waals surface area contributed by atoms with E-state index in [0.29, 0.717) is 0 Å². The van der Waals surface area contributed by atoms with Gasteiger partial charge in [-0.25, -0.2) is 0 Å². The van der Waals surface area contributed by atoms with E-state index in [0.717, 1.165) is 6.54 Å². The number of hydrogen-bond donors (Lipinski definition) is 2. The Morgan fingerprint density at radius 2 is 2.00 bits per heavy atom. The van der Waals surface area contributed by atoms with Gasteiger partial charge in [0.25, 0.3) is 0 Å². The van der Waals surface area contributed by atoms with Crippen LogP contribution in [-0.4, -0.2) is 12.1 Å². The summed E-state index contributed by atoms with van der Waals surface area (Å²) in [5.41, 5.74) is 3.88. The minimum absolute atomic E-state index is 0.154. The Hall–Kier alpha value is -1.18. The van der Waals surface area contributed by atoms with Gasteiger partial charge in [-0.1, -0.05) is 6.07 Å². The van der Waals surface area contributed by atoms with Crippen LogP contribution in [0.2, 0.25) is 0 Å². The largest absolute Gasteiger partial charge is 0.381 e. The van der Waals surface area contributed by atoms with E-state index in [1.54, 1.807) is 0 Å². The molecule has 2 rings (SSSR count). The first-order chi connectivity index (χ1) is 6.07. The summed E-state index contributed by atoms with van der Waals surface area (Å²) in [6.07, 6.45) is 0. The van der Waals surface area contributed by atoms with Gasteiger partial charge >= 0.3 is 0 Å². The standard InChI is InChI=1S/C11H16N2/c1-8-4-5-9-10(6-8)13-11(2,3)7-12-9/h4-6,12-13H,7H2,1-3H3. The maximum Gasteiger partial charge on any atom is 0.0583 e. The molecule has 2 N–H and O–H groups in total. The van der Waals surface area contributed by atoms with Crippen LogP contribution in [0.1, 0.15) is 19.4 Å². The van der Waals surface area contributed by atoms with Gasteiger partial charge in [-0.3, -0.25) is 0 Å². The van der Waals surface area contributed by atoms with E-state index >= 15 is 0 Å². The minimum atomic E-state index is 0.154. The Kier molecular flexibility index (Phi) is 1.72. The number of fused-ring (bicyclic) bond motifs is 1. The van der Waals surface area contributed by atoms with Crippen molar-refractivity contribution >= 4 is 11.4 Å². The predicted molar refractivity (Wildman–Crippen MR) is 57.4 cm³/mol. The van der Waals surface area contributed by atoms with Crippen LogP contribution in [0.25, 0.3) is 0 Å². The van der Waals surface area contributed by atoms with Crippen molar-refractivity contribution in [1.29, 1.82) is 0 Å². The fraction of sp³-hybridized carbons (Fsp3) is 0.455. The summed E-state index contributed by atoms with van der Waals surface area (Å²) in [6, 6.07) is 6.45. The zero-order chi connectivity index (χ0) is 9.47. The third-order valence-corrected chi connectivity index (χ3v) is 2.37. The Morgan fingerprint density at radius 1 is 1.23 bits per heavy atom. The highest BCUT2D eigenvalue weighted by Gasteiger charge is 2.23. The average Bonchev–Trinajstić information content (AvgIpc) is 2.01. The number of hydrogen-bond acceptors (Lipinski definition) is 2. The first-order valence-electron chi connectivity index (χ1n) is 4.70. The highest BCUT2D eigenvalue weighted by molar-refractivity contribution is 5.72. The molecule has 0 fully saturated rings. The smallest absolute Gasteiger partial charge is 0.0583 e. The van der Waals surface area contributed by atoms with E-state index in [-0.39, 0.29) is 5.54 Å². The van der Waals surface area contributed by atoms with E-state index in [4.69, 9.17) is 0 Å². The van der Waals surface area contributed by atoms with Crippen molar-refractivity contribution in [3.05, 3.63) is 23.8 Å². The van der Waals surface area contributed by atoms with Crippen molar-refractivity contribution in [1.82, 2.24) is 0 Å². The van der Waals surface area contributed by atoms with Crippen molar-refractivity contribution in [2.45, 2.75) is 26.3 Å². The van der Waals surface area contributed by atoms with Crippen LogP contribution in [0.4, 0.5) is 11.4 Å².